The van der Waals surface area contributed by atoms with Crippen LogP contribution in [-0.4, -0.2) is 25.4 Å². The number of fused-ring (bicyclic) bond motifs is 5. The number of rotatable bonds is 1. The largest absolute Gasteiger partial charge is 0.477 e. The fraction of sp³-hybridized carbons (Fsp3) is 0.273. The molecule has 0 atom stereocenters. The molecule has 3 aromatic carbocycles. The van der Waals surface area contributed by atoms with E-state index in [0.717, 1.165) is 35.4 Å². The molecule has 2 heterocycles. The molecule has 0 radical (unpaired) electrons. The summed E-state index contributed by atoms with van der Waals surface area (Å²) in [7, 11) is 2.07. The van der Waals surface area contributed by atoms with Gasteiger partial charge in [0.15, 0.2) is 6.73 Å². The Morgan fingerprint density at radius 3 is 2.23 bits per heavy atom. The third kappa shape index (κ3) is 2.49. The third-order valence-electron chi connectivity index (χ3n) is 5.23. The van der Waals surface area contributed by atoms with Crippen molar-refractivity contribution in [3.05, 3.63) is 65.2 Å². The number of aryl methyl sites for hydroxylation is 1. The average Bonchev–Trinajstić information content (AvgIpc) is 2.66. The Labute approximate surface area is 153 Å². The minimum atomic E-state index is 0.566. The Bertz CT molecular complexity index is 999. The van der Waals surface area contributed by atoms with Gasteiger partial charge in [0.05, 0.1) is 0 Å². The maximum Gasteiger partial charge on any atom is 0.161 e. The predicted octanol–water partition coefficient (Wildman–Crippen LogP) is 4.29. The minimum absolute atomic E-state index is 0.566. The van der Waals surface area contributed by atoms with Gasteiger partial charge in [-0.05, 0) is 31.7 Å². The number of hydrogen-bond acceptors (Lipinski definition) is 4. The molecule has 0 fully saturated rings. The molecule has 0 bridgehead atoms. The van der Waals surface area contributed by atoms with E-state index in [0.29, 0.717) is 13.5 Å². The van der Waals surface area contributed by atoms with Crippen LogP contribution in [0.15, 0.2) is 48.5 Å². The van der Waals surface area contributed by atoms with E-state index in [4.69, 9.17) is 9.47 Å². The number of hydrogen-bond donors (Lipinski definition) is 0. The molecule has 2 aliphatic rings. The first-order chi connectivity index (χ1) is 12.7. The van der Waals surface area contributed by atoms with Gasteiger partial charge in [-0.1, -0.05) is 36.4 Å². The smallest absolute Gasteiger partial charge is 0.161 e. The highest BCUT2D eigenvalue weighted by atomic mass is 16.5. The molecule has 2 aliphatic heterocycles. The molecule has 4 nitrogen and oxygen atoms in total. The van der Waals surface area contributed by atoms with E-state index in [2.05, 4.69) is 72.3 Å². The van der Waals surface area contributed by atoms with E-state index in [1.165, 1.54) is 22.4 Å². The van der Waals surface area contributed by atoms with Crippen molar-refractivity contribution in [3.63, 3.8) is 0 Å². The highest BCUT2D eigenvalue weighted by Gasteiger charge is 2.23. The monoisotopic (exact) mass is 346 g/mol. The van der Waals surface area contributed by atoms with Crippen LogP contribution in [0.5, 0.6) is 11.5 Å². The maximum atomic E-state index is 6.22. The minimum Gasteiger partial charge on any atom is -0.477 e. The van der Waals surface area contributed by atoms with E-state index >= 15 is 0 Å². The summed E-state index contributed by atoms with van der Waals surface area (Å²) in [6.07, 6.45) is 0. The molecule has 26 heavy (non-hydrogen) atoms. The first-order valence-electron chi connectivity index (χ1n) is 9.02. The zero-order valence-corrected chi connectivity index (χ0v) is 15.2. The second-order valence-corrected chi connectivity index (χ2v) is 7.30. The summed E-state index contributed by atoms with van der Waals surface area (Å²) < 4.78 is 12.2. The van der Waals surface area contributed by atoms with Crippen LogP contribution in [0.25, 0.3) is 10.8 Å². The second-order valence-electron chi connectivity index (χ2n) is 7.30. The van der Waals surface area contributed by atoms with Gasteiger partial charge in [-0.25, -0.2) is 0 Å². The zero-order chi connectivity index (χ0) is 17.7. The van der Waals surface area contributed by atoms with Crippen LogP contribution < -0.4 is 14.4 Å². The molecular weight excluding hydrogens is 324 g/mol. The highest BCUT2D eigenvalue weighted by molar-refractivity contribution is 5.95. The van der Waals surface area contributed by atoms with E-state index in [-0.39, 0.29) is 0 Å². The maximum absolute atomic E-state index is 6.22. The summed E-state index contributed by atoms with van der Waals surface area (Å²) in [5.41, 5.74) is 4.93. The Kier molecular flexibility index (Phi) is 3.54. The first kappa shape index (κ1) is 15.5. The van der Waals surface area contributed by atoms with Crippen molar-refractivity contribution in [2.45, 2.75) is 20.0 Å². The molecule has 0 amide bonds. The summed E-state index contributed by atoms with van der Waals surface area (Å²) in [4.78, 5) is 4.44. The lowest BCUT2D eigenvalue weighted by Crippen LogP contribution is -2.32. The Morgan fingerprint density at radius 1 is 0.808 bits per heavy atom. The quantitative estimate of drug-likeness (QED) is 0.656. The van der Waals surface area contributed by atoms with Crippen molar-refractivity contribution in [3.8, 4) is 11.5 Å². The van der Waals surface area contributed by atoms with Crippen molar-refractivity contribution in [1.82, 2.24) is 4.90 Å². The Morgan fingerprint density at radius 2 is 1.50 bits per heavy atom. The van der Waals surface area contributed by atoms with Gasteiger partial charge in [-0.2, -0.15) is 0 Å². The van der Waals surface area contributed by atoms with Gasteiger partial charge >= 0.3 is 0 Å². The summed E-state index contributed by atoms with van der Waals surface area (Å²) in [5.74, 6) is 2.00. The van der Waals surface area contributed by atoms with Crippen molar-refractivity contribution < 1.29 is 9.47 Å². The van der Waals surface area contributed by atoms with Crippen molar-refractivity contribution in [2.24, 2.45) is 0 Å². The van der Waals surface area contributed by atoms with Crippen LogP contribution in [-0.2, 0) is 13.1 Å². The number of anilines is 1. The van der Waals surface area contributed by atoms with E-state index in [9.17, 15) is 0 Å². The third-order valence-corrected chi connectivity index (χ3v) is 5.23. The Hall–Kier alpha value is -2.72. The average molecular weight is 346 g/mol. The fourth-order valence-corrected chi connectivity index (χ4v) is 3.93. The van der Waals surface area contributed by atoms with Gasteiger partial charge in [0.2, 0.25) is 0 Å². The number of nitrogens with zero attached hydrogens (tertiary/aromatic N) is 2. The van der Waals surface area contributed by atoms with Crippen molar-refractivity contribution >= 4 is 16.5 Å². The van der Waals surface area contributed by atoms with Crippen molar-refractivity contribution in [1.29, 1.82) is 0 Å². The number of benzene rings is 3. The fourth-order valence-electron chi connectivity index (χ4n) is 3.93. The van der Waals surface area contributed by atoms with Crippen LogP contribution in [0.3, 0.4) is 0 Å². The van der Waals surface area contributed by atoms with Crippen LogP contribution in [0, 0.1) is 6.92 Å². The van der Waals surface area contributed by atoms with Gasteiger partial charge in [0.1, 0.15) is 18.2 Å². The van der Waals surface area contributed by atoms with E-state index in [1.807, 2.05) is 0 Å². The SMILES string of the molecule is Cc1cccc(N2COc3c(ccc4c5c(ccc34)CN(C)CO5)C2)c1. The standard InChI is InChI=1S/C22H22N2O2/c1-15-4-3-5-18(10-15)24-12-17-7-9-19-20(22(17)26-14-24)8-6-16-11-23(2)13-25-21(16)19/h3-10H,11-14H2,1-2H3. The first-order valence-corrected chi connectivity index (χ1v) is 9.02. The van der Waals surface area contributed by atoms with Gasteiger partial charge in [0, 0.05) is 40.7 Å². The normalized spacial score (nSPS) is 16.6. The molecule has 0 spiro atoms. The molecule has 132 valence electrons. The summed E-state index contributed by atoms with van der Waals surface area (Å²) in [6.45, 7) is 5.09. The van der Waals surface area contributed by atoms with Crippen LogP contribution in [0.2, 0.25) is 0 Å². The molecule has 0 saturated heterocycles. The second kappa shape index (κ2) is 5.92. The molecule has 3 aromatic rings. The number of ether oxygens (including phenoxy) is 2. The van der Waals surface area contributed by atoms with Gasteiger partial charge in [-0.15, -0.1) is 0 Å². The predicted molar refractivity (Wildman–Crippen MR) is 104 cm³/mol. The Balaban J connectivity index is 1.54. The lowest BCUT2D eigenvalue weighted by atomic mass is 9.99. The highest BCUT2D eigenvalue weighted by Crippen LogP contribution is 2.41. The van der Waals surface area contributed by atoms with Gasteiger partial charge in [0.25, 0.3) is 0 Å². The summed E-state index contributed by atoms with van der Waals surface area (Å²) in [5, 5.41) is 2.30. The molecule has 0 unspecified atom stereocenters. The molecular formula is C22H22N2O2. The topological polar surface area (TPSA) is 24.9 Å². The molecule has 0 N–H and O–H groups in total. The van der Waals surface area contributed by atoms with Crippen molar-refractivity contribution in [2.75, 3.05) is 25.4 Å². The van der Waals surface area contributed by atoms with Crippen LogP contribution in [0.1, 0.15) is 16.7 Å². The van der Waals surface area contributed by atoms with E-state index < -0.39 is 0 Å². The molecule has 0 aromatic heterocycles. The van der Waals surface area contributed by atoms with Crippen LogP contribution >= 0.6 is 0 Å². The van der Waals surface area contributed by atoms with Gasteiger partial charge < -0.3 is 14.4 Å². The van der Waals surface area contributed by atoms with Gasteiger partial charge in [-0.3, -0.25) is 4.90 Å². The van der Waals surface area contributed by atoms with Crippen LogP contribution in [0.4, 0.5) is 5.69 Å². The molecule has 4 heteroatoms. The van der Waals surface area contributed by atoms with E-state index in [1.54, 1.807) is 0 Å². The molecule has 5 rings (SSSR count). The lowest BCUT2D eigenvalue weighted by molar-refractivity contribution is 0.123. The summed E-state index contributed by atoms with van der Waals surface area (Å²) in [6, 6.07) is 17.3. The lowest BCUT2D eigenvalue weighted by Gasteiger charge is -2.32. The summed E-state index contributed by atoms with van der Waals surface area (Å²) >= 11 is 0. The molecule has 0 saturated carbocycles. The zero-order valence-electron chi connectivity index (χ0n) is 15.2. The molecule has 0 aliphatic carbocycles.